The van der Waals surface area contributed by atoms with Crippen LogP contribution >= 0.6 is 0 Å². The van der Waals surface area contributed by atoms with Crippen LogP contribution in [0.5, 0.6) is 0 Å². The van der Waals surface area contributed by atoms with Gasteiger partial charge in [-0.05, 0) is 31.8 Å². The SMILES string of the molecule is C[C@@H]1OC(N)=C[C@H](C)C12CC2. The topological polar surface area (TPSA) is 35.2 Å². The van der Waals surface area contributed by atoms with Gasteiger partial charge in [0, 0.05) is 5.41 Å². The third-order valence-corrected chi connectivity index (χ3v) is 3.27. The van der Waals surface area contributed by atoms with E-state index in [4.69, 9.17) is 10.5 Å². The van der Waals surface area contributed by atoms with Crippen LogP contribution in [-0.4, -0.2) is 6.10 Å². The van der Waals surface area contributed by atoms with E-state index in [2.05, 4.69) is 13.8 Å². The molecular weight excluding hydrogens is 138 g/mol. The first-order valence-electron chi connectivity index (χ1n) is 4.29. The monoisotopic (exact) mass is 153 g/mol. The Kier molecular flexibility index (Phi) is 1.23. The number of allylic oxidation sites excluding steroid dienone is 1. The summed E-state index contributed by atoms with van der Waals surface area (Å²) in [5, 5.41) is 0. The van der Waals surface area contributed by atoms with Crippen molar-refractivity contribution in [2.45, 2.75) is 32.8 Å². The van der Waals surface area contributed by atoms with Gasteiger partial charge in [0.2, 0.25) is 0 Å². The van der Waals surface area contributed by atoms with Gasteiger partial charge in [-0.15, -0.1) is 0 Å². The lowest BCUT2D eigenvalue weighted by Crippen LogP contribution is -2.33. The Morgan fingerprint density at radius 1 is 1.55 bits per heavy atom. The minimum atomic E-state index is 0.322. The van der Waals surface area contributed by atoms with E-state index < -0.39 is 0 Å². The zero-order valence-corrected chi connectivity index (χ0v) is 7.13. The molecule has 0 radical (unpaired) electrons. The van der Waals surface area contributed by atoms with Gasteiger partial charge < -0.3 is 10.5 Å². The molecule has 1 heterocycles. The molecule has 1 aliphatic carbocycles. The Morgan fingerprint density at radius 3 is 2.64 bits per heavy atom. The fourth-order valence-electron chi connectivity index (χ4n) is 2.15. The van der Waals surface area contributed by atoms with Crippen molar-refractivity contribution >= 4 is 0 Å². The van der Waals surface area contributed by atoms with Crippen LogP contribution in [0.4, 0.5) is 0 Å². The first-order chi connectivity index (χ1) is 5.15. The highest BCUT2D eigenvalue weighted by atomic mass is 16.5. The Morgan fingerprint density at radius 2 is 2.18 bits per heavy atom. The molecule has 11 heavy (non-hydrogen) atoms. The van der Waals surface area contributed by atoms with Crippen LogP contribution in [0, 0.1) is 11.3 Å². The molecule has 2 atom stereocenters. The summed E-state index contributed by atoms with van der Waals surface area (Å²) < 4.78 is 5.47. The van der Waals surface area contributed by atoms with Crippen molar-refractivity contribution in [3.8, 4) is 0 Å². The molecule has 1 aliphatic heterocycles. The van der Waals surface area contributed by atoms with E-state index in [9.17, 15) is 0 Å². The van der Waals surface area contributed by atoms with Crippen LogP contribution < -0.4 is 5.73 Å². The highest BCUT2D eigenvalue weighted by Crippen LogP contribution is 2.57. The molecule has 1 spiro atoms. The first-order valence-corrected chi connectivity index (χ1v) is 4.29. The van der Waals surface area contributed by atoms with Crippen LogP contribution in [0.3, 0.4) is 0 Å². The molecule has 1 fully saturated rings. The molecule has 2 heteroatoms. The fraction of sp³-hybridized carbons (Fsp3) is 0.778. The van der Waals surface area contributed by atoms with Gasteiger partial charge >= 0.3 is 0 Å². The maximum Gasteiger partial charge on any atom is 0.180 e. The molecule has 62 valence electrons. The molecule has 2 rings (SSSR count). The van der Waals surface area contributed by atoms with E-state index in [1.54, 1.807) is 0 Å². The molecule has 2 aliphatic rings. The van der Waals surface area contributed by atoms with E-state index in [1.165, 1.54) is 12.8 Å². The fourth-order valence-corrected chi connectivity index (χ4v) is 2.15. The normalized spacial score (nSPS) is 39.6. The van der Waals surface area contributed by atoms with Gasteiger partial charge in [0.1, 0.15) is 6.10 Å². The van der Waals surface area contributed by atoms with Crippen molar-refractivity contribution in [3.05, 3.63) is 12.0 Å². The molecule has 0 bridgehead atoms. The Hall–Kier alpha value is -0.660. The van der Waals surface area contributed by atoms with Gasteiger partial charge in [0.15, 0.2) is 5.88 Å². The largest absolute Gasteiger partial charge is 0.476 e. The number of hydrogen-bond donors (Lipinski definition) is 1. The molecule has 0 aromatic heterocycles. The van der Waals surface area contributed by atoms with Gasteiger partial charge in [-0.3, -0.25) is 0 Å². The average molecular weight is 153 g/mol. The van der Waals surface area contributed by atoms with Gasteiger partial charge in [0.05, 0.1) is 0 Å². The average Bonchev–Trinajstić information content (AvgIpc) is 2.62. The first kappa shape index (κ1) is 7.01. The Bertz CT molecular complexity index is 206. The smallest absolute Gasteiger partial charge is 0.180 e. The van der Waals surface area contributed by atoms with Crippen molar-refractivity contribution in [2.75, 3.05) is 0 Å². The Balaban J connectivity index is 2.24. The third kappa shape index (κ3) is 0.849. The second kappa shape index (κ2) is 1.93. The molecule has 1 saturated carbocycles. The zero-order valence-electron chi connectivity index (χ0n) is 7.13. The maximum atomic E-state index is 5.60. The van der Waals surface area contributed by atoms with E-state index in [-0.39, 0.29) is 0 Å². The standard InChI is InChI=1S/C9H15NO/c1-6-5-8(10)11-7(2)9(6)3-4-9/h5-7H,3-4,10H2,1-2H3/t6-,7-/m0/s1. The van der Waals surface area contributed by atoms with E-state index in [0.717, 1.165) is 0 Å². The molecule has 0 aromatic carbocycles. The predicted octanol–water partition coefficient (Wildman–Crippen LogP) is 1.62. The van der Waals surface area contributed by atoms with Crippen LogP contribution in [0.2, 0.25) is 0 Å². The summed E-state index contributed by atoms with van der Waals surface area (Å²) in [6.07, 6.45) is 4.98. The summed E-state index contributed by atoms with van der Waals surface area (Å²) in [5.41, 5.74) is 6.05. The quantitative estimate of drug-likeness (QED) is 0.574. The van der Waals surface area contributed by atoms with Crippen molar-refractivity contribution in [3.63, 3.8) is 0 Å². The molecular formula is C9H15NO. The van der Waals surface area contributed by atoms with Gasteiger partial charge in [-0.1, -0.05) is 6.92 Å². The van der Waals surface area contributed by atoms with Crippen LogP contribution in [0.1, 0.15) is 26.7 Å². The number of nitrogens with two attached hydrogens (primary N) is 1. The molecule has 0 aromatic rings. The van der Waals surface area contributed by atoms with Crippen molar-refractivity contribution < 1.29 is 4.74 Å². The summed E-state index contributed by atoms with van der Waals surface area (Å²) in [6, 6.07) is 0. The molecule has 2 nitrogen and oxygen atoms in total. The number of hydrogen-bond acceptors (Lipinski definition) is 2. The van der Waals surface area contributed by atoms with Crippen molar-refractivity contribution in [1.82, 2.24) is 0 Å². The second-order valence-corrected chi connectivity index (χ2v) is 3.85. The second-order valence-electron chi connectivity index (χ2n) is 3.85. The van der Waals surface area contributed by atoms with E-state index in [1.807, 2.05) is 6.08 Å². The minimum absolute atomic E-state index is 0.322. The Labute approximate surface area is 67.4 Å². The summed E-state index contributed by atoms with van der Waals surface area (Å²) in [5.74, 6) is 1.22. The lowest BCUT2D eigenvalue weighted by Gasteiger charge is -2.33. The molecule has 0 amide bonds. The lowest BCUT2D eigenvalue weighted by atomic mass is 9.84. The number of ether oxygens (including phenoxy) is 1. The predicted molar refractivity (Wildman–Crippen MR) is 43.6 cm³/mol. The van der Waals surface area contributed by atoms with Crippen LogP contribution in [0.25, 0.3) is 0 Å². The lowest BCUT2D eigenvalue weighted by molar-refractivity contribution is 0.0258. The highest BCUT2D eigenvalue weighted by molar-refractivity contribution is 5.13. The van der Waals surface area contributed by atoms with Crippen molar-refractivity contribution in [1.29, 1.82) is 0 Å². The molecule has 2 N–H and O–H groups in total. The number of rotatable bonds is 0. The summed E-state index contributed by atoms with van der Waals surface area (Å²) in [7, 11) is 0. The van der Waals surface area contributed by atoms with Crippen molar-refractivity contribution in [2.24, 2.45) is 17.1 Å². The maximum absolute atomic E-state index is 5.60. The third-order valence-electron chi connectivity index (χ3n) is 3.27. The van der Waals surface area contributed by atoms with Gasteiger partial charge in [0.25, 0.3) is 0 Å². The minimum Gasteiger partial charge on any atom is -0.476 e. The van der Waals surface area contributed by atoms with Crippen LogP contribution in [-0.2, 0) is 4.74 Å². The van der Waals surface area contributed by atoms with E-state index in [0.29, 0.717) is 23.3 Å². The van der Waals surface area contributed by atoms with Gasteiger partial charge in [-0.2, -0.15) is 0 Å². The summed E-state index contributed by atoms with van der Waals surface area (Å²) in [4.78, 5) is 0. The van der Waals surface area contributed by atoms with Crippen LogP contribution in [0.15, 0.2) is 12.0 Å². The highest BCUT2D eigenvalue weighted by Gasteiger charge is 2.53. The van der Waals surface area contributed by atoms with E-state index >= 15 is 0 Å². The molecule has 0 saturated heterocycles. The molecule has 0 unspecified atom stereocenters. The van der Waals surface area contributed by atoms with Gasteiger partial charge in [-0.25, -0.2) is 0 Å². The summed E-state index contributed by atoms with van der Waals surface area (Å²) in [6.45, 7) is 4.36. The zero-order chi connectivity index (χ0) is 8.06. The summed E-state index contributed by atoms with van der Waals surface area (Å²) >= 11 is 0.